The average molecular weight is 311 g/mol. The third kappa shape index (κ3) is 2.51. The van der Waals surface area contributed by atoms with Gasteiger partial charge in [0.1, 0.15) is 23.0 Å². The monoisotopic (exact) mass is 310 g/mol. The van der Waals surface area contributed by atoms with Crippen LogP contribution in [0.3, 0.4) is 0 Å². The number of rotatable bonds is 4. The van der Waals surface area contributed by atoms with Crippen LogP contribution in [0.5, 0.6) is 0 Å². The van der Waals surface area contributed by atoms with Crippen LogP contribution in [0.2, 0.25) is 0 Å². The lowest BCUT2D eigenvalue weighted by molar-refractivity contribution is 0.590. The molecule has 7 heteroatoms. The summed E-state index contributed by atoms with van der Waals surface area (Å²) in [4.78, 5) is 8.49. The SMILES string of the molecule is Cn1ccnc1Cn1c(CCCl)nc2c(F)cc(F)cc21. The fourth-order valence-electron chi connectivity index (χ4n) is 2.34. The summed E-state index contributed by atoms with van der Waals surface area (Å²) in [6, 6.07) is 2.12. The third-order valence-electron chi connectivity index (χ3n) is 3.39. The first-order valence-electron chi connectivity index (χ1n) is 6.46. The van der Waals surface area contributed by atoms with Crippen LogP contribution in [0.25, 0.3) is 11.0 Å². The molecular weight excluding hydrogens is 298 g/mol. The van der Waals surface area contributed by atoms with Crippen molar-refractivity contribution in [3.8, 4) is 0 Å². The van der Waals surface area contributed by atoms with Gasteiger partial charge in [-0.1, -0.05) is 0 Å². The molecule has 0 aliphatic carbocycles. The van der Waals surface area contributed by atoms with E-state index in [1.165, 1.54) is 6.07 Å². The molecule has 4 nitrogen and oxygen atoms in total. The Morgan fingerprint density at radius 3 is 2.71 bits per heavy atom. The summed E-state index contributed by atoms with van der Waals surface area (Å²) in [6.45, 7) is 0.384. The summed E-state index contributed by atoms with van der Waals surface area (Å²) < 4.78 is 31.0. The van der Waals surface area contributed by atoms with Crippen molar-refractivity contribution in [1.82, 2.24) is 19.1 Å². The smallest absolute Gasteiger partial charge is 0.153 e. The predicted molar refractivity (Wildman–Crippen MR) is 76.4 cm³/mol. The number of fused-ring (bicyclic) bond motifs is 1. The van der Waals surface area contributed by atoms with Crippen LogP contribution in [-0.4, -0.2) is 25.0 Å². The highest BCUT2D eigenvalue weighted by molar-refractivity contribution is 6.17. The quantitative estimate of drug-likeness (QED) is 0.695. The van der Waals surface area contributed by atoms with Crippen molar-refractivity contribution in [3.63, 3.8) is 0 Å². The van der Waals surface area contributed by atoms with Gasteiger partial charge in [0.2, 0.25) is 0 Å². The highest BCUT2D eigenvalue weighted by Gasteiger charge is 2.16. The van der Waals surface area contributed by atoms with E-state index in [2.05, 4.69) is 9.97 Å². The van der Waals surface area contributed by atoms with Crippen LogP contribution in [0, 0.1) is 11.6 Å². The normalized spacial score (nSPS) is 11.4. The Hall–Kier alpha value is -1.95. The first-order valence-corrected chi connectivity index (χ1v) is 7.00. The number of aryl methyl sites for hydroxylation is 2. The Bertz CT molecular complexity index is 794. The molecule has 2 aromatic heterocycles. The number of halogens is 3. The summed E-state index contributed by atoms with van der Waals surface area (Å²) in [7, 11) is 1.86. The van der Waals surface area contributed by atoms with E-state index in [1.54, 1.807) is 10.8 Å². The number of hydrogen-bond acceptors (Lipinski definition) is 2. The molecule has 0 saturated carbocycles. The van der Waals surface area contributed by atoms with Crippen LogP contribution in [0.15, 0.2) is 24.5 Å². The van der Waals surface area contributed by atoms with Gasteiger partial charge in [0.15, 0.2) is 5.82 Å². The second-order valence-corrected chi connectivity index (χ2v) is 5.14. The lowest BCUT2D eigenvalue weighted by atomic mass is 10.3. The standard InChI is InChI=1S/C14H13ClF2N4/c1-20-5-4-18-13(20)8-21-11-7-9(16)6-10(17)14(11)19-12(21)2-3-15/h4-7H,2-3,8H2,1H3. The van der Waals surface area contributed by atoms with Gasteiger partial charge in [-0.25, -0.2) is 18.7 Å². The van der Waals surface area contributed by atoms with E-state index in [0.29, 0.717) is 30.2 Å². The molecule has 1 aromatic carbocycles. The maximum atomic E-state index is 13.9. The number of benzene rings is 1. The molecule has 0 aliphatic rings. The van der Waals surface area contributed by atoms with Crippen molar-refractivity contribution in [2.75, 3.05) is 5.88 Å². The third-order valence-corrected chi connectivity index (χ3v) is 3.58. The summed E-state index contributed by atoms with van der Waals surface area (Å²) in [5, 5.41) is 0. The van der Waals surface area contributed by atoms with E-state index >= 15 is 0 Å². The minimum atomic E-state index is -0.667. The zero-order valence-corrected chi connectivity index (χ0v) is 12.1. The van der Waals surface area contributed by atoms with Crippen LogP contribution in [0.4, 0.5) is 8.78 Å². The number of aromatic nitrogens is 4. The number of imidazole rings is 2. The van der Waals surface area contributed by atoms with Gasteiger partial charge in [0.05, 0.1) is 12.1 Å². The Kier molecular flexibility index (Phi) is 3.63. The van der Waals surface area contributed by atoms with E-state index in [0.717, 1.165) is 11.9 Å². The van der Waals surface area contributed by atoms with Gasteiger partial charge in [-0.2, -0.15) is 0 Å². The van der Waals surface area contributed by atoms with Crippen molar-refractivity contribution in [2.45, 2.75) is 13.0 Å². The molecule has 3 aromatic rings. The zero-order valence-electron chi connectivity index (χ0n) is 11.4. The molecule has 0 spiro atoms. The Morgan fingerprint density at radius 1 is 1.24 bits per heavy atom. The molecule has 2 heterocycles. The molecule has 0 amide bonds. The van der Waals surface area contributed by atoms with E-state index in [9.17, 15) is 8.78 Å². The van der Waals surface area contributed by atoms with Gasteiger partial charge in [0, 0.05) is 37.8 Å². The van der Waals surface area contributed by atoms with Gasteiger partial charge in [0.25, 0.3) is 0 Å². The number of hydrogen-bond donors (Lipinski definition) is 0. The first-order chi connectivity index (χ1) is 10.1. The maximum Gasteiger partial charge on any atom is 0.153 e. The van der Waals surface area contributed by atoms with Gasteiger partial charge in [-0.05, 0) is 6.07 Å². The Labute approximate surface area is 125 Å². The number of alkyl halides is 1. The summed E-state index contributed by atoms with van der Waals surface area (Å²) in [6.07, 6.45) is 3.97. The highest BCUT2D eigenvalue weighted by atomic mass is 35.5. The minimum Gasteiger partial charge on any atom is -0.337 e. The van der Waals surface area contributed by atoms with Crippen molar-refractivity contribution in [2.24, 2.45) is 7.05 Å². The largest absolute Gasteiger partial charge is 0.337 e. The Morgan fingerprint density at radius 2 is 2.05 bits per heavy atom. The van der Waals surface area contributed by atoms with E-state index < -0.39 is 11.6 Å². The fraction of sp³-hybridized carbons (Fsp3) is 0.286. The van der Waals surface area contributed by atoms with Crippen LogP contribution in [-0.2, 0) is 20.0 Å². The molecule has 21 heavy (non-hydrogen) atoms. The predicted octanol–water partition coefficient (Wildman–Crippen LogP) is 2.88. The minimum absolute atomic E-state index is 0.158. The van der Waals surface area contributed by atoms with Crippen molar-refractivity contribution >= 4 is 22.6 Å². The molecule has 110 valence electrons. The van der Waals surface area contributed by atoms with E-state index in [-0.39, 0.29) is 5.52 Å². The number of nitrogens with zero attached hydrogens (tertiary/aromatic N) is 4. The molecule has 3 rings (SSSR count). The highest BCUT2D eigenvalue weighted by Crippen LogP contribution is 2.22. The van der Waals surface area contributed by atoms with Gasteiger partial charge >= 0.3 is 0 Å². The van der Waals surface area contributed by atoms with E-state index in [1.807, 2.05) is 17.8 Å². The topological polar surface area (TPSA) is 35.6 Å². The second-order valence-electron chi connectivity index (χ2n) is 4.76. The average Bonchev–Trinajstić information content (AvgIpc) is 2.97. The van der Waals surface area contributed by atoms with Crippen molar-refractivity contribution < 1.29 is 8.78 Å². The molecule has 0 unspecified atom stereocenters. The lowest BCUT2D eigenvalue weighted by Crippen LogP contribution is -2.10. The molecule has 0 bridgehead atoms. The van der Waals surface area contributed by atoms with Crippen molar-refractivity contribution in [1.29, 1.82) is 0 Å². The molecule has 0 aliphatic heterocycles. The van der Waals surface area contributed by atoms with Gasteiger partial charge in [-0.15, -0.1) is 11.6 Å². The van der Waals surface area contributed by atoms with Crippen LogP contribution >= 0.6 is 11.6 Å². The second kappa shape index (κ2) is 5.44. The molecular formula is C14H13ClF2N4. The Balaban J connectivity index is 2.18. The van der Waals surface area contributed by atoms with Crippen LogP contribution < -0.4 is 0 Å². The van der Waals surface area contributed by atoms with Crippen LogP contribution in [0.1, 0.15) is 11.6 Å². The molecule has 0 N–H and O–H groups in total. The zero-order chi connectivity index (χ0) is 15.0. The maximum absolute atomic E-state index is 13.9. The molecule has 0 saturated heterocycles. The summed E-state index contributed by atoms with van der Waals surface area (Å²) in [5.74, 6) is 0.452. The van der Waals surface area contributed by atoms with Crippen molar-refractivity contribution in [3.05, 3.63) is 47.8 Å². The van der Waals surface area contributed by atoms with Gasteiger partial charge in [-0.3, -0.25) is 0 Å². The summed E-state index contributed by atoms with van der Waals surface area (Å²) >= 11 is 5.78. The van der Waals surface area contributed by atoms with E-state index in [4.69, 9.17) is 11.6 Å². The fourth-order valence-corrected chi connectivity index (χ4v) is 2.51. The molecule has 0 atom stereocenters. The van der Waals surface area contributed by atoms with Gasteiger partial charge < -0.3 is 9.13 Å². The summed E-state index contributed by atoms with van der Waals surface area (Å²) in [5.41, 5.74) is 0.571. The molecule has 0 fully saturated rings. The molecule has 0 radical (unpaired) electrons. The first kappa shape index (κ1) is 14.0. The lowest BCUT2D eigenvalue weighted by Gasteiger charge is -2.08.